The van der Waals surface area contributed by atoms with Crippen LogP contribution in [0.5, 0.6) is 11.5 Å². The lowest BCUT2D eigenvalue weighted by atomic mass is 9.85. The molecule has 0 spiro atoms. The van der Waals surface area contributed by atoms with E-state index in [2.05, 4.69) is 0 Å². The number of phenols is 2. The monoisotopic (exact) mass is 284 g/mol. The summed E-state index contributed by atoms with van der Waals surface area (Å²) in [5, 5.41) is 30.2. The number of aliphatic hydroxyl groups is 1. The largest absolute Gasteiger partial charge is 0.508 e. The first-order valence-electron chi connectivity index (χ1n) is 6.31. The molecule has 0 amide bonds. The smallest absolute Gasteiger partial charge is 0.220 e. The zero-order valence-electron chi connectivity index (χ0n) is 11.1. The molecule has 21 heavy (non-hydrogen) atoms. The van der Waals surface area contributed by atoms with Crippen molar-refractivity contribution in [1.82, 2.24) is 0 Å². The molecule has 3 N–H and O–H groups in total. The fraction of sp³-hybridized carbons (Fsp3) is 0.125. The Balaban J connectivity index is 2.30. The van der Waals surface area contributed by atoms with E-state index in [9.17, 15) is 24.9 Å². The third-order valence-electron chi connectivity index (χ3n) is 3.73. The van der Waals surface area contributed by atoms with Gasteiger partial charge in [0.05, 0.1) is 0 Å². The maximum Gasteiger partial charge on any atom is 0.220 e. The highest BCUT2D eigenvalue weighted by Gasteiger charge is 2.54. The first-order valence-corrected chi connectivity index (χ1v) is 6.31. The van der Waals surface area contributed by atoms with E-state index in [4.69, 9.17) is 0 Å². The Kier molecular flexibility index (Phi) is 2.64. The molecule has 1 aliphatic carbocycles. The lowest BCUT2D eigenvalue weighted by Crippen LogP contribution is -2.38. The van der Waals surface area contributed by atoms with Crippen LogP contribution in [-0.2, 0) is 5.60 Å². The number of aromatic hydroxyl groups is 2. The standard InChI is InChI=1S/C16H12O5/c1-8-6-9(17)7-12(18)13(8)16(21)14(19)10-4-2-3-5-11(10)15(16)20/h2-7,17-18,21H,1H3. The Labute approximate surface area is 120 Å². The number of benzene rings is 2. The number of aryl methyl sites for hydroxylation is 1. The molecule has 1 aliphatic rings. The number of fused-ring (bicyclic) bond motifs is 1. The molecule has 0 radical (unpaired) electrons. The predicted octanol–water partition coefficient (Wildman–Crippen LogP) is 1.67. The fourth-order valence-electron chi connectivity index (χ4n) is 2.82. The highest BCUT2D eigenvalue weighted by Crippen LogP contribution is 2.43. The van der Waals surface area contributed by atoms with Gasteiger partial charge in [-0.25, -0.2) is 0 Å². The maximum absolute atomic E-state index is 12.5. The molecule has 0 bridgehead atoms. The van der Waals surface area contributed by atoms with E-state index in [1.165, 1.54) is 25.1 Å². The van der Waals surface area contributed by atoms with Crippen molar-refractivity contribution in [3.05, 3.63) is 58.7 Å². The molecular formula is C16H12O5. The fourth-order valence-corrected chi connectivity index (χ4v) is 2.82. The number of carbonyl (C=O) groups is 2. The van der Waals surface area contributed by atoms with Gasteiger partial charge in [0, 0.05) is 22.8 Å². The normalized spacial score (nSPS) is 16.1. The van der Waals surface area contributed by atoms with Gasteiger partial charge in [0.15, 0.2) is 0 Å². The molecular weight excluding hydrogens is 272 g/mol. The van der Waals surface area contributed by atoms with Gasteiger partial charge < -0.3 is 15.3 Å². The quantitative estimate of drug-likeness (QED) is 0.692. The van der Waals surface area contributed by atoms with Crippen LogP contribution in [0.4, 0.5) is 0 Å². The molecule has 5 nitrogen and oxygen atoms in total. The molecule has 0 fully saturated rings. The lowest BCUT2D eigenvalue weighted by Gasteiger charge is -2.23. The van der Waals surface area contributed by atoms with E-state index in [0.29, 0.717) is 0 Å². The Bertz CT molecular complexity index is 733. The minimum atomic E-state index is -2.45. The second-order valence-electron chi connectivity index (χ2n) is 5.07. The van der Waals surface area contributed by atoms with Crippen molar-refractivity contribution >= 4 is 11.6 Å². The van der Waals surface area contributed by atoms with Crippen LogP contribution in [0, 0.1) is 6.92 Å². The summed E-state index contributed by atoms with van der Waals surface area (Å²) in [6.07, 6.45) is 0. The first kappa shape index (κ1) is 13.3. The second-order valence-corrected chi connectivity index (χ2v) is 5.07. The molecule has 2 aromatic carbocycles. The van der Waals surface area contributed by atoms with E-state index in [0.717, 1.165) is 6.07 Å². The van der Waals surface area contributed by atoms with Crippen molar-refractivity contribution in [1.29, 1.82) is 0 Å². The molecule has 5 heteroatoms. The highest BCUT2D eigenvalue weighted by molar-refractivity contribution is 6.32. The molecule has 0 saturated carbocycles. The summed E-state index contributed by atoms with van der Waals surface area (Å²) in [5.41, 5.74) is -2.14. The van der Waals surface area contributed by atoms with Gasteiger partial charge in [-0.3, -0.25) is 9.59 Å². The third-order valence-corrected chi connectivity index (χ3v) is 3.73. The van der Waals surface area contributed by atoms with Gasteiger partial charge in [0.2, 0.25) is 17.2 Å². The first-order chi connectivity index (χ1) is 9.87. The summed E-state index contributed by atoms with van der Waals surface area (Å²) in [4.78, 5) is 24.9. The van der Waals surface area contributed by atoms with E-state index in [1.807, 2.05) is 0 Å². The number of hydrogen-bond acceptors (Lipinski definition) is 5. The van der Waals surface area contributed by atoms with Gasteiger partial charge in [0.1, 0.15) is 11.5 Å². The number of Topliss-reactive ketones (excluding diaryl/α,β-unsaturated/α-hetero) is 2. The van der Waals surface area contributed by atoms with Gasteiger partial charge in [-0.1, -0.05) is 24.3 Å². The van der Waals surface area contributed by atoms with E-state index in [-0.39, 0.29) is 28.0 Å². The molecule has 106 valence electrons. The molecule has 3 rings (SSSR count). The van der Waals surface area contributed by atoms with Crippen molar-refractivity contribution in [2.75, 3.05) is 0 Å². The van der Waals surface area contributed by atoms with Crippen molar-refractivity contribution < 1.29 is 24.9 Å². The SMILES string of the molecule is Cc1cc(O)cc(O)c1C1(O)C(=O)c2ccccc2C1=O. The summed E-state index contributed by atoms with van der Waals surface area (Å²) in [6.45, 7) is 1.50. The van der Waals surface area contributed by atoms with E-state index < -0.39 is 22.9 Å². The predicted molar refractivity (Wildman–Crippen MR) is 73.5 cm³/mol. The third kappa shape index (κ3) is 1.61. The summed E-state index contributed by atoms with van der Waals surface area (Å²) in [6, 6.07) is 8.37. The van der Waals surface area contributed by atoms with Crippen LogP contribution < -0.4 is 0 Å². The molecule has 0 aromatic heterocycles. The van der Waals surface area contributed by atoms with Crippen LogP contribution in [0.2, 0.25) is 0 Å². The minimum Gasteiger partial charge on any atom is -0.508 e. The lowest BCUT2D eigenvalue weighted by molar-refractivity contribution is 0.0310. The Morgan fingerprint density at radius 3 is 1.95 bits per heavy atom. The van der Waals surface area contributed by atoms with Crippen molar-refractivity contribution in [2.45, 2.75) is 12.5 Å². The molecule has 0 atom stereocenters. The molecule has 0 saturated heterocycles. The van der Waals surface area contributed by atoms with Crippen molar-refractivity contribution in [3.63, 3.8) is 0 Å². The molecule has 0 aliphatic heterocycles. The average Bonchev–Trinajstić information content (AvgIpc) is 2.61. The van der Waals surface area contributed by atoms with Crippen LogP contribution in [0.25, 0.3) is 0 Å². The highest BCUT2D eigenvalue weighted by atomic mass is 16.3. The summed E-state index contributed by atoms with van der Waals surface area (Å²) >= 11 is 0. The van der Waals surface area contributed by atoms with E-state index >= 15 is 0 Å². The Morgan fingerprint density at radius 2 is 1.48 bits per heavy atom. The topological polar surface area (TPSA) is 94.8 Å². The molecule has 0 unspecified atom stereocenters. The summed E-state index contributed by atoms with van der Waals surface area (Å²) in [7, 11) is 0. The maximum atomic E-state index is 12.5. The Morgan fingerprint density at radius 1 is 0.952 bits per heavy atom. The van der Waals surface area contributed by atoms with Crippen LogP contribution in [-0.4, -0.2) is 26.9 Å². The minimum absolute atomic E-state index is 0.122. The van der Waals surface area contributed by atoms with Crippen molar-refractivity contribution in [2.24, 2.45) is 0 Å². The number of phenolic OH excluding ortho intramolecular Hbond substituents is 2. The van der Waals surface area contributed by atoms with Crippen LogP contribution in [0.3, 0.4) is 0 Å². The van der Waals surface area contributed by atoms with Gasteiger partial charge in [-0.15, -0.1) is 0 Å². The van der Waals surface area contributed by atoms with Crippen LogP contribution in [0.15, 0.2) is 36.4 Å². The number of hydrogen-bond donors (Lipinski definition) is 3. The number of rotatable bonds is 1. The average molecular weight is 284 g/mol. The second kappa shape index (κ2) is 4.17. The van der Waals surface area contributed by atoms with E-state index in [1.54, 1.807) is 12.1 Å². The summed E-state index contributed by atoms with van der Waals surface area (Å²) < 4.78 is 0. The number of ketones is 2. The van der Waals surface area contributed by atoms with Crippen LogP contribution >= 0.6 is 0 Å². The zero-order valence-corrected chi connectivity index (χ0v) is 11.1. The molecule has 2 aromatic rings. The van der Waals surface area contributed by atoms with Gasteiger partial charge in [-0.2, -0.15) is 0 Å². The van der Waals surface area contributed by atoms with Crippen LogP contribution in [0.1, 0.15) is 31.8 Å². The van der Waals surface area contributed by atoms with Gasteiger partial charge >= 0.3 is 0 Å². The zero-order chi connectivity index (χ0) is 15.4. The van der Waals surface area contributed by atoms with Gasteiger partial charge in [0.25, 0.3) is 0 Å². The van der Waals surface area contributed by atoms with Gasteiger partial charge in [-0.05, 0) is 18.6 Å². The molecule has 0 heterocycles. The summed E-state index contributed by atoms with van der Waals surface area (Å²) in [5.74, 6) is -2.25. The van der Waals surface area contributed by atoms with Crippen molar-refractivity contribution in [3.8, 4) is 11.5 Å². The number of carbonyl (C=O) groups excluding carboxylic acids is 2. The Hall–Kier alpha value is -2.66.